The minimum Gasteiger partial charge on any atom is -0.408 e. The summed E-state index contributed by atoms with van der Waals surface area (Å²) >= 11 is 2.24. The van der Waals surface area contributed by atoms with E-state index in [0.29, 0.717) is 12.1 Å². The lowest BCUT2D eigenvalue weighted by atomic mass is 10.1. The molecule has 2 aromatic carbocycles. The molecule has 102 valence electrons. The van der Waals surface area contributed by atoms with Crippen LogP contribution in [0.2, 0.25) is 0 Å². The SMILES string of the molecule is Cc1ccc(C)c(Cn2c(=O)oc3ccc(I)cc32)c1. The van der Waals surface area contributed by atoms with Gasteiger partial charge in [0.05, 0.1) is 12.1 Å². The fraction of sp³-hybridized carbons (Fsp3) is 0.188. The lowest BCUT2D eigenvalue weighted by molar-refractivity contribution is 0.517. The fourth-order valence-electron chi connectivity index (χ4n) is 2.33. The van der Waals surface area contributed by atoms with Crippen molar-refractivity contribution in [1.29, 1.82) is 0 Å². The maximum Gasteiger partial charge on any atom is 0.420 e. The predicted octanol–water partition coefficient (Wildman–Crippen LogP) is 3.86. The number of hydrogen-bond donors (Lipinski definition) is 0. The first-order valence-corrected chi connectivity index (χ1v) is 7.47. The number of oxazole rings is 1. The molecule has 0 saturated carbocycles. The molecule has 0 aliphatic rings. The van der Waals surface area contributed by atoms with E-state index in [9.17, 15) is 4.79 Å². The molecule has 20 heavy (non-hydrogen) atoms. The molecule has 0 aliphatic heterocycles. The second kappa shape index (κ2) is 5.09. The van der Waals surface area contributed by atoms with Gasteiger partial charge in [-0.3, -0.25) is 4.57 Å². The molecule has 1 heterocycles. The summed E-state index contributed by atoms with van der Waals surface area (Å²) in [5, 5.41) is 0. The number of fused-ring (bicyclic) bond motifs is 1. The van der Waals surface area contributed by atoms with Crippen LogP contribution in [0.1, 0.15) is 16.7 Å². The van der Waals surface area contributed by atoms with E-state index in [0.717, 1.165) is 14.7 Å². The number of hydrogen-bond acceptors (Lipinski definition) is 2. The minimum atomic E-state index is -0.303. The van der Waals surface area contributed by atoms with Crippen LogP contribution in [0.15, 0.2) is 45.6 Å². The summed E-state index contributed by atoms with van der Waals surface area (Å²) in [5.41, 5.74) is 5.01. The summed E-state index contributed by atoms with van der Waals surface area (Å²) in [6, 6.07) is 12.0. The van der Waals surface area contributed by atoms with E-state index in [1.807, 2.05) is 18.2 Å². The van der Waals surface area contributed by atoms with E-state index in [1.54, 1.807) is 4.57 Å². The normalized spacial score (nSPS) is 11.2. The quantitative estimate of drug-likeness (QED) is 0.634. The zero-order valence-corrected chi connectivity index (χ0v) is 13.5. The van der Waals surface area contributed by atoms with Gasteiger partial charge >= 0.3 is 5.76 Å². The van der Waals surface area contributed by atoms with Crippen molar-refractivity contribution in [3.8, 4) is 0 Å². The summed E-state index contributed by atoms with van der Waals surface area (Å²) in [6.45, 7) is 4.66. The maximum absolute atomic E-state index is 12.0. The van der Waals surface area contributed by atoms with Crippen molar-refractivity contribution in [2.75, 3.05) is 0 Å². The highest BCUT2D eigenvalue weighted by atomic mass is 127. The highest BCUT2D eigenvalue weighted by Gasteiger charge is 2.11. The first-order chi connectivity index (χ1) is 9.54. The molecular formula is C16H14INO2. The molecule has 3 rings (SSSR count). The minimum absolute atomic E-state index is 0.303. The zero-order valence-electron chi connectivity index (χ0n) is 11.3. The van der Waals surface area contributed by atoms with Crippen LogP contribution in [0.3, 0.4) is 0 Å². The Morgan fingerprint density at radius 3 is 2.75 bits per heavy atom. The van der Waals surface area contributed by atoms with Crippen molar-refractivity contribution in [3.63, 3.8) is 0 Å². The highest BCUT2D eigenvalue weighted by Crippen LogP contribution is 2.19. The monoisotopic (exact) mass is 379 g/mol. The van der Waals surface area contributed by atoms with E-state index in [2.05, 4.69) is 54.6 Å². The van der Waals surface area contributed by atoms with Gasteiger partial charge in [-0.2, -0.15) is 0 Å². The van der Waals surface area contributed by atoms with Crippen LogP contribution in [0.25, 0.3) is 11.1 Å². The third kappa shape index (κ3) is 2.40. The predicted molar refractivity (Wildman–Crippen MR) is 88.2 cm³/mol. The molecule has 4 heteroatoms. The van der Waals surface area contributed by atoms with Gasteiger partial charge in [-0.05, 0) is 65.8 Å². The van der Waals surface area contributed by atoms with Crippen LogP contribution in [0, 0.1) is 17.4 Å². The Hall–Kier alpha value is -1.56. The van der Waals surface area contributed by atoms with Gasteiger partial charge in [0.1, 0.15) is 0 Å². The summed E-state index contributed by atoms with van der Waals surface area (Å²) in [5.74, 6) is -0.303. The Bertz CT molecular complexity index is 845. The molecule has 0 saturated heterocycles. The Labute approximate surface area is 130 Å². The molecule has 0 amide bonds. The molecule has 0 bridgehead atoms. The number of aryl methyl sites for hydroxylation is 2. The van der Waals surface area contributed by atoms with Crippen molar-refractivity contribution in [1.82, 2.24) is 4.57 Å². The largest absolute Gasteiger partial charge is 0.420 e. The number of aromatic nitrogens is 1. The van der Waals surface area contributed by atoms with Gasteiger partial charge in [-0.15, -0.1) is 0 Å². The lowest BCUT2D eigenvalue weighted by Crippen LogP contribution is -2.15. The van der Waals surface area contributed by atoms with Crippen LogP contribution in [-0.2, 0) is 6.54 Å². The molecule has 0 fully saturated rings. The summed E-state index contributed by atoms with van der Waals surface area (Å²) in [7, 11) is 0. The van der Waals surface area contributed by atoms with Gasteiger partial charge in [-0.1, -0.05) is 23.8 Å². The maximum atomic E-state index is 12.0. The molecule has 0 radical (unpaired) electrons. The number of nitrogens with zero attached hydrogens (tertiary/aromatic N) is 1. The van der Waals surface area contributed by atoms with E-state index in [1.165, 1.54) is 11.1 Å². The second-order valence-electron chi connectivity index (χ2n) is 5.00. The zero-order chi connectivity index (χ0) is 14.3. The van der Waals surface area contributed by atoms with Gasteiger partial charge in [0, 0.05) is 3.57 Å². The molecule has 0 aliphatic carbocycles. The first-order valence-electron chi connectivity index (χ1n) is 6.39. The fourth-order valence-corrected chi connectivity index (χ4v) is 2.80. The molecule has 0 atom stereocenters. The summed E-state index contributed by atoms with van der Waals surface area (Å²) in [6.07, 6.45) is 0. The van der Waals surface area contributed by atoms with Crippen LogP contribution < -0.4 is 5.76 Å². The first kappa shape index (κ1) is 13.4. The van der Waals surface area contributed by atoms with Crippen molar-refractivity contribution >= 4 is 33.7 Å². The van der Waals surface area contributed by atoms with Crippen molar-refractivity contribution in [3.05, 3.63) is 67.2 Å². The van der Waals surface area contributed by atoms with Gasteiger partial charge in [0.25, 0.3) is 0 Å². The third-order valence-corrected chi connectivity index (χ3v) is 4.13. The Morgan fingerprint density at radius 1 is 1.15 bits per heavy atom. The third-order valence-electron chi connectivity index (χ3n) is 3.46. The lowest BCUT2D eigenvalue weighted by Gasteiger charge is -2.08. The van der Waals surface area contributed by atoms with Gasteiger partial charge < -0.3 is 4.42 Å². The molecule has 0 spiro atoms. The van der Waals surface area contributed by atoms with Crippen molar-refractivity contribution < 1.29 is 4.42 Å². The average molecular weight is 379 g/mol. The molecule has 0 N–H and O–H groups in total. The van der Waals surface area contributed by atoms with Gasteiger partial charge in [0.2, 0.25) is 0 Å². The molecule has 0 unspecified atom stereocenters. The average Bonchev–Trinajstić information content (AvgIpc) is 2.70. The van der Waals surface area contributed by atoms with Crippen LogP contribution >= 0.6 is 22.6 Å². The summed E-state index contributed by atoms with van der Waals surface area (Å²) in [4.78, 5) is 12.0. The van der Waals surface area contributed by atoms with E-state index < -0.39 is 0 Å². The smallest absolute Gasteiger partial charge is 0.408 e. The molecular weight excluding hydrogens is 365 g/mol. The Balaban J connectivity index is 2.15. The Kier molecular flexibility index (Phi) is 3.41. The second-order valence-corrected chi connectivity index (χ2v) is 6.24. The van der Waals surface area contributed by atoms with Gasteiger partial charge in [-0.25, -0.2) is 4.79 Å². The van der Waals surface area contributed by atoms with Gasteiger partial charge in [0.15, 0.2) is 5.58 Å². The molecule has 1 aromatic heterocycles. The van der Waals surface area contributed by atoms with E-state index >= 15 is 0 Å². The van der Waals surface area contributed by atoms with E-state index in [4.69, 9.17) is 4.42 Å². The van der Waals surface area contributed by atoms with Crippen LogP contribution in [-0.4, -0.2) is 4.57 Å². The Morgan fingerprint density at radius 2 is 1.95 bits per heavy atom. The van der Waals surface area contributed by atoms with Crippen LogP contribution in [0.5, 0.6) is 0 Å². The molecule has 3 nitrogen and oxygen atoms in total. The standard InChI is InChI=1S/C16H14INO2/c1-10-3-4-11(2)12(7-10)9-18-14-8-13(17)5-6-15(14)20-16(18)19/h3-8H,9H2,1-2H3. The van der Waals surface area contributed by atoms with Crippen molar-refractivity contribution in [2.45, 2.75) is 20.4 Å². The number of benzene rings is 2. The van der Waals surface area contributed by atoms with E-state index in [-0.39, 0.29) is 5.76 Å². The molecule has 3 aromatic rings. The summed E-state index contributed by atoms with van der Waals surface area (Å²) < 4.78 is 8.08. The van der Waals surface area contributed by atoms with Crippen molar-refractivity contribution in [2.24, 2.45) is 0 Å². The number of halogens is 1. The topological polar surface area (TPSA) is 35.1 Å². The van der Waals surface area contributed by atoms with Crippen LogP contribution in [0.4, 0.5) is 0 Å². The highest BCUT2D eigenvalue weighted by molar-refractivity contribution is 14.1. The number of rotatable bonds is 2.